The van der Waals surface area contributed by atoms with Gasteiger partial charge in [-0.3, -0.25) is 14.2 Å². The van der Waals surface area contributed by atoms with E-state index in [-0.39, 0.29) is 17.7 Å². The fourth-order valence-corrected chi connectivity index (χ4v) is 6.33. The number of allylic oxidation sites excluding steroid dienone is 1. The lowest BCUT2D eigenvalue weighted by molar-refractivity contribution is -0.139. The smallest absolute Gasteiger partial charge is 0.338 e. The maximum absolute atomic E-state index is 14.2. The predicted molar refractivity (Wildman–Crippen MR) is 172 cm³/mol. The summed E-state index contributed by atoms with van der Waals surface area (Å²) in [5.74, 6) is -0.661. The molecule has 0 spiro atoms. The van der Waals surface area contributed by atoms with Crippen LogP contribution in [0, 0.1) is 0 Å². The van der Waals surface area contributed by atoms with Gasteiger partial charge in [-0.05, 0) is 61.9 Å². The molecule has 6 rings (SSSR count). The normalized spacial score (nSPS) is 14.6. The number of esters is 2. The van der Waals surface area contributed by atoms with Crippen LogP contribution in [-0.2, 0) is 14.3 Å². The molecule has 226 valence electrons. The molecule has 0 bridgehead atoms. The Bertz CT molecular complexity index is 2130. The predicted octanol–water partition coefficient (Wildman–Crippen LogP) is 5.23. The number of para-hydroxylation sites is 1. The van der Waals surface area contributed by atoms with Crippen LogP contribution in [0.3, 0.4) is 0 Å². The summed E-state index contributed by atoms with van der Waals surface area (Å²) in [7, 11) is 0. The number of nitrogens with zero attached hydrogens (tertiary/aromatic N) is 4. The number of ether oxygens (including phenoxy) is 2. The molecule has 2 aromatic heterocycles. The van der Waals surface area contributed by atoms with Crippen LogP contribution in [0.15, 0.2) is 106 Å². The van der Waals surface area contributed by atoms with Gasteiger partial charge in [-0.2, -0.15) is 5.10 Å². The number of carbonyl (C=O) groups excluding carboxylic acids is 2. The van der Waals surface area contributed by atoms with E-state index in [1.807, 2.05) is 48.7 Å². The van der Waals surface area contributed by atoms with Gasteiger partial charge in [-0.15, -0.1) is 0 Å². The number of rotatable bonds is 7. The standard InChI is InChI=1S/C34H27ClN4O5S/c1-4-43-33(42)29-20(2)36-34-39(31(29)23-12-16-27(17-13-23)44-21(3)40)32(41)28(45-34)18-24-19-38(26-8-6-5-7-9-26)37-30(24)22-10-14-25(35)15-11-22/h5-19,31H,4H2,1-3H3/b28-18-/t31-/m0/s1. The van der Waals surface area contributed by atoms with Crippen molar-refractivity contribution in [1.82, 2.24) is 14.3 Å². The number of hydrogen-bond donors (Lipinski definition) is 0. The molecular formula is C34H27ClN4O5S. The molecule has 0 aliphatic carbocycles. The van der Waals surface area contributed by atoms with E-state index in [0.29, 0.717) is 37.1 Å². The first-order valence-electron chi connectivity index (χ1n) is 14.1. The highest BCUT2D eigenvalue weighted by atomic mass is 35.5. The average Bonchev–Trinajstić information content (AvgIpc) is 3.58. The molecule has 3 aromatic carbocycles. The molecule has 0 unspecified atom stereocenters. The summed E-state index contributed by atoms with van der Waals surface area (Å²) in [5.41, 5.74) is 4.10. The van der Waals surface area contributed by atoms with Gasteiger partial charge in [0, 0.05) is 29.3 Å². The molecular weight excluding hydrogens is 612 g/mol. The van der Waals surface area contributed by atoms with Gasteiger partial charge in [0.05, 0.1) is 34.1 Å². The molecule has 1 aliphatic rings. The van der Waals surface area contributed by atoms with E-state index in [1.165, 1.54) is 22.8 Å². The highest BCUT2D eigenvalue weighted by molar-refractivity contribution is 7.07. The van der Waals surface area contributed by atoms with Crippen molar-refractivity contribution in [3.63, 3.8) is 0 Å². The fraction of sp³-hybridized carbons (Fsp3) is 0.147. The van der Waals surface area contributed by atoms with E-state index in [9.17, 15) is 14.4 Å². The minimum absolute atomic E-state index is 0.164. The van der Waals surface area contributed by atoms with Gasteiger partial charge in [-0.1, -0.05) is 65.4 Å². The average molecular weight is 639 g/mol. The fourth-order valence-electron chi connectivity index (χ4n) is 5.17. The topological polar surface area (TPSA) is 105 Å². The van der Waals surface area contributed by atoms with Gasteiger partial charge >= 0.3 is 11.9 Å². The van der Waals surface area contributed by atoms with E-state index in [0.717, 1.165) is 16.8 Å². The molecule has 9 nitrogen and oxygen atoms in total. The van der Waals surface area contributed by atoms with Crippen molar-refractivity contribution in [2.45, 2.75) is 26.8 Å². The molecule has 0 radical (unpaired) electrons. The molecule has 0 fully saturated rings. The molecule has 3 heterocycles. The second-order valence-corrected chi connectivity index (χ2v) is 11.6. The van der Waals surface area contributed by atoms with Crippen molar-refractivity contribution in [2.75, 3.05) is 6.61 Å². The van der Waals surface area contributed by atoms with Crippen LogP contribution >= 0.6 is 22.9 Å². The SMILES string of the molecule is CCOC(=O)C1=C(C)N=c2s/c(=C\c3cn(-c4ccccc4)nc3-c3ccc(Cl)cc3)c(=O)n2[C@H]1c1ccc(OC(C)=O)cc1. The van der Waals surface area contributed by atoms with Crippen LogP contribution in [0.4, 0.5) is 0 Å². The summed E-state index contributed by atoms with van der Waals surface area (Å²) in [5, 5.41) is 5.46. The van der Waals surface area contributed by atoms with Crippen molar-refractivity contribution < 1.29 is 19.1 Å². The maximum Gasteiger partial charge on any atom is 0.338 e. The lowest BCUT2D eigenvalue weighted by atomic mass is 9.96. The quantitative estimate of drug-likeness (QED) is 0.179. The third-order valence-electron chi connectivity index (χ3n) is 7.14. The first-order valence-corrected chi connectivity index (χ1v) is 15.3. The zero-order valence-corrected chi connectivity index (χ0v) is 26.1. The number of benzene rings is 3. The minimum Gasteiger partial charge on any atom is -0.463 e. The van der Waals surface area contributed by atoms with Crippen molar-refractivity contribution in [1.29, 1.82) is 0 Å². The Morgan fingerprint density at radius 1 is 1.02 bits per heavy atom. The summed E-state index contributed by atoms with van der Waals surface area (Å²) in [6, 6.07) is 22.9. The summed E-state index contributed by atoms with van der Waals surface area (Å²) >= 11 is 7.39. The molecule has 0 amide bonds. The summed E-state index contributed by atoms with van der Waals surface area (Å²) in [6.07, 6.45) is 3.67. The Morgan fingerprint density at radius 2 is 1.73 bits per heavy atom. The Hall–Kier alpha value is -5.06. The van der Waals surface area contributed by atoms with E-state index in [2.05, 4.69) is 4.99 Å². The first-order chi connectivity index (χ1) is 21.7. The van der Waals surface area contributed by atoms with Crippen LogP contribution in [0.2, 0.25) is 5.02 Å². The zero-order chi connectivity index (χ0) is 31.7. The van der Waals surface area contributed by atoms with E-state index in [4.69, 9.17) is 26.2 Å². The van der Waals surface area contributed by atoms with Crippen molar-refractivity contribution in [3.8, 4) is 22.7 Å². The molecule has 11 heteroatoms. The number of halogens is 1. The van der Waals surface area contributed by atoms with Crippen LogP contribution in [0.5, 0.6) is 5.75 Å². The number of carbonyl (C=O) groups is 2. The highest BCUT2D eigenvalue weighted by Crippen LogP contribution is 2.32. The van der Waals surface area contributed by atoms with Crippen molar-refractivity contribution >= 4 is 41.0 Å². The van der Waals surface area contributed by atoms with Gasteiger partial charge in [0.2, 0.25) is 0 Å². The van der Waals surface area contributed by atoms with Crippen molar-refractivity contribution in [2.24, 2.45) is 4.99 Å². The van der Waals surface area contributed by atoms with Gasteiger partial charge in [0.25, 0.3) is 5.56 Å². The summed E-state index contributed by atoms with van der Waals surface area (Å²) in [4.78, 5) is 44.0. The van der Waals surface area contributed by atoms with Gasteiger partial charge in [0.15, 0.2) is 4.80 Å². The Labute approximate surface area is 267 Å². The molecule has 0 saturated carbocycles. The summed E-state index contributed by atoms with van der Waals surface area (Å²) < 4.78 is 14.3. The molecule has 1 atom stereocenters. The van der Waals surface area contributed by atoms with E-state index < -0.39 is 18.0 Å². The third kappa shape index (κ3) is 6.02. The Kier molecular flexibility index (Phi) is 8.34. The van der Waals surface area contributed by atoms with Crippen LogP contribution in [0.1, 0.15) is 37.9 Å². The second kappa shape index (κ2) is 12.5. The lowest BCUT2D eigenvalue weighted by Crippen LogP contribution is -2.39. The molecule has 0 N–H and O–H groups in total. The minimum atomic E-state index is -0.809. The third-order valence-corrected chi connectivity index (χ3v) is 8.38. The monoisotopic (exact) mass is 638 g/mol. The van der Waals surface area contributed by atoms with Crippen LogP contribution in [-0.4, -0.2) is 32.9 Å². The van der Waals surface area contributed by atoms with E-state index in [1.54, 1.807) is 61.0 Å². The lowest BCUT2D eigenvalue weighted by Gasteiger charge is -2.24. The van der Waals surface area contributed by atoms with Crippen molar-refractivity contribution in [3.05, 3.63) is 132 Å². The Morgan fingerprint density at radius 3 is 2.40 bits per heavy atom. The Balaban J connectivity index is 1.53. The second-order valence-electron chi connectivity index (χ2n) is 10.2. The van der Waals surface area contributed by atoms with Crippen LogP contribution in [0.25, 0.3) is 23.0 Å². The number of aromatic nitrogens is 3. The largest absolute Gasteiger partial charge is 0.463 e. The van der Waals surface area contributed by atoms with Crippen LogP contribution < -0.4 is 19.6 Å². The number of thiazole rings is 1. The molecule has 1 aliphatic heterocycles. The van der Waals surface area contributed by atoms with Gasteiger partial charge in [-0.25, -0.2) is 14.5 Å². The maximum atomic E-state index is 14.2. The zero-order valence-electron chi connectivity index (χ0n) is 24.6. The molecule has 45 heavy (non-hydrogen) atoms. The molecule has 0 saturated heterocycles. The van der Waals surface area contributed by atoms with E-state index >= 15 is 0 Å². The molecule has 5 aromatic rings. The highest BCUT2D eigenvalue weighted by Gasteiger charge is 2.33. The summed E-state index contributed by atoms with van der Waals surface area (Å²) in [6.45, 7) is 4.93. The number of hydrogen-bond acceptors (Lipinski definition) is 8. The van der Waals surface area contributed by atoms with Gasteiger partial charge in [0.1, 0.15) is 11.4 Å². The number of fused-ring (bicyclic) bond motifs is 1. The first kappa shape index (κ1) is 30.0. The van der Waals surface area contributed by atoms with Gasteiger partial charge < -0.3 is 9.47 Å².